The summed E-state index contributed by atoms with van der Waals surface area (Å²) in [6.45, 7) is 2.03. The summed E-state index contributed by atoms with van der Waals surface area (Å²) in [5.74, 6) is 1.25. The summed E-state index contributed by atoms with van der Waals surface area (Å²) in [5, 5.41) is 2.84. The lowest BCUT2D eigenvalue weighted by Crippen LogP contribution is -2.19. The smallest absolute Gasteiger partial charge is 0.234 e. The van der Waals surface area contributed by atoms with E-state index >= 15 is 0 Å². The lowest BCUT2D eigenvalue weighted by Gasteiger charge is -2.20. The van der Waals surface area contributed by atoms with Crippen LogP contribution < -0.4 is 10.1 Å². The molecule has 0 atom stereocenters. The van der Waals surface area contributed by atoms with Gasteiger partial charge in [-0.3, -0.25) is 4.79 Å². The number of ether oxygens (including phenoxy) is 1. The molecule has 0 aliphatic carbocycles. The van der Waals surface area contributed by atoms with Crippen LogP contribution >= 0.6 is 11.8 Å². The number of benzene rings is 1. The number of carbonyl (C=O) groups is 1. The van der Waals surface area contributed by atoms with Gasteiger partial charge in [-0.1, -0.05) is 6.07 Å². The molecule has 0 bridgehead atoms. The third-order valence-corrected chi connectivity index (χ3v) is 3.37. The van der Waals surface area contributed by atoms with Gasteiger partial charge in [-0.25, -0.2) is 0 Å². The number of rotatable bonds is 1. The monoisotopic (exact) mass is 209 g/mol. The Hall–Kier alpha value is -1.16. The molecule has 0 fully saturated rings. The minimum atomic E-state index is 0.0337. The molecule has 0 aromatic heterocycles. The van der Waals surface area contributed by atoms with E-state index in [1.165, 1.54) is 5.56 Å². The first kappa shape index (κ1) is 9.40. The number of hydrogen-bond acceptors (Lipinski definition) is 3. The van der Waals surface area contributed by atoms with Gasteiger partial charge in [0.1, 0.15) is 5.75 Å². The fraction of sp³-hybridized carbons (Fsp3) is 0.300. The van der Waals surface area contributed by atoms with E-state index in [1.54, 1.807) is 18.9 Å². The molecule has 14 heavy (non-hydrogen) atoms. The van der Waals surface area contributed by atoms with E-state index in [9.17, 15) is 4.79 Å². The summed E-state index contributed by atoms with van der Waals surface area (Å²) in [4.78, 5) is 12.3. The molecule has 1 heterocycles. The van der Waals surface area contributed by atoms with Gasteiger partial charge in [0.05, 0.1) is 18.6 Å². The number of amides is 1. The Labute approximate surface area is 86.8 Å². The minimum absolute atomic E-state index is 0.0337. The standard InChI is InChI=1S/C10H11NO2S/c1-6-3-4-7(13-2)9-10(6)14-5-8(12)11-9/h3-4H,5H2,1-2H3,(H,11,12). The largest absolute Gasteiger partial charge is 0.495 e. The Bertz CT molecular complexity index is 390. The highest BCUT2D eigenvalue weighted by Crippen LogP contribution is 2.40. The van der Waals surface area contributed by atoms with Crippen LogP contribution in [0.15, 0.2) is 17.0 Å². The zero-order chi connectivity index (χ0) is 10.1. The van der Waals surface area contributed by atoms with Crippen molar-refractivity contribution in [1.82, 2.24) is 0 Å². The van der Waals surface area contributed by atoms with Crippen molar-refractivity contribution in [3.05, 3.63) is 17.7 Å². The van der Waals surface area contributed by atoms with Gasteiger partial charge < -0.3 is 10.1 Å². The Kier molecular flexibility index (Phi) is 2.37. The first-order valence-electron chi connectivity index (χ1n) is 4.32. The summed E-state index contributed by atoms with van der Waals surface area (Å²) >= 11 is 1.56. The highest BCUT2D eigenvalue weighted by atomic mass is 32.2. The van der Waals surface area contributed by atoms with Crippen molar-refractivity contribution in [2.45, 2.75) is 11.8 Å². The van der Waals surface area contributed by atoms with Gasteiger partial charge in [-0.05, 0) is 18.6 Å². The van der Waals surface area contributed by atoms with Crippen molar-refractivity contribution in [2.24, 2.45) is 0 Å². The topological polar surface area (TPSA) is 38.3 Å². The number of aryl methyl sites for hydroxylation is 1. The van der Waals surface area contributed by atoms with Crippen LogP contribution in [-0.2, 0) is 4.79 Å². The first-order valence-corrected chi connectivity index (χ1v) is 5.31. The summed E-state index contributed by atoms with van der Waals surface area (Å²) in [6, 6.07) is 3.88. The molecule has 0 spiro atoms. The molecule has 1 aromatic carbocycles. The van der Waals surface area contributed by atoms with Crippen LogP contribution in [0.4, 0.5) is 5.69 Å². The van der Waals surface area contributed by atoms with Crippen molar-refractivity contribution in [3.63, 3.8) is 0 Å². The van der Waals surface area contributed by atoms with Gasteiger partial charge in [-0.2, -0.15) is 0 Å². The van der Waals surface area contributed by atoms with E-state index in [2.05, 4.69) is 5.32 Å². The number of thioether (sulfide) groups is 1. The van der Waals surface area contributed by atoms with E-state index in [0.717, 1.165) is 16.3 Å². The van der Waals surface area contributed by atoms with Crippen molar-refractivity contribution in [1.29, 1.82) is 0 Å². The van der Waals surface area contributed by atoms with Crippen LogP contribution in [0.25, 0.3) is 0 Å². The molecule has 1 N–H and O–H groups in total. The van der Waals surface area contributed by atoms with Crippen LogP contribution in [0, 0.1) is 6.92 Å². The molecule has 0 unspecified atom stereocenters. The second kappa shape index (κ2) is 3.53. The SMILES string of the molecule is COc1ccc(C)c2c1NC(=O)CS2. The molecule has 4 heteroatoms. The maximum atomic E-state index is 11.2. The highest BCUT2D eigenvalue weighted by Gasteiger charge is 2.20. The molecule has 74 valence electrons. The van der Waals surface area contributed by atoms with Crippen LogP contribution in [0.1, 0.15) is 5.56 Å². The van der Waals surface area contributed by atoms with Crippen LogP contribution in [0.5, 0.6) is 5.75 Å². The predicted molar refractivity (Wildman–Crippen MR) is 57.1 cm³/mol. The fourth-order valence-corrected chi connectivity index (χ4v) is 2.40. The molecule has 0 saturated heterocycles. The number of hydrogen-bond donors (Lipinski definition) is 1. The van der Waals surface area contributed by atoms with Crippen LogP contribution in [0.2, 0.25) is 0 Å². The Morgan fingerprint density at radius 2 is 2.29 bits per heavy atom. The maximum Gasteiger partial charge on any atom is 0.234 e. The Morgan fingerprint density at radius 1 is 1.50 bits per heavy atom. The number of nitrogens with one attached hydrogen (secondary N) is 1. The lowest BCUT2D eigenvalue weighted by atomic mass is 10.2. The maximum absolute atomic E-state index is 11.2. The summed E-state index contributed by atoms with van der Waals surface area (Å²) in [5.41, 5.74) is 1.99. The van der Waals surface area contributed by atoms with Gasteiger partial charge >= 0.3 is 0 Å². The van der Waals surface area contributed by atoms with Gasteiger partial charge in [0.15, 0.2) is 0 Å². The molecule has 0 radical (unpaired) electrons. The van der Waals surface area contributed by atoms with Gasteiger partial charge in [-0.15, -0.1) is 11.8 Å². The van der Waals surface area contributed by atoms with Gasteiger partial charge in [0.25, 0.3) is 0 Å². The zero-order valence-corrected chi connectivity index (χ0v) is 8.90. The summed E-state index contributed by atoms with van der Waals surface area (Å²) in [7, 11) is 1.61. The molecule has 3 nitrogen and oxygen atoms in total. The normalized spacial score (nSPS) is 14.6. The molecular weight excluding hydrogens is 198 g/mol. The number of carbonyl (C=O) groups excluding carboxylic acids is 1. The average Bonchev–Trinajstić information content (AvgIpc) is 2.18. The fourth-order valence-electron chi connectivity index (χ4n) is 1.46. The first-order chi connectivity index (χ1) is 6.72. The minimum Gasteiger partial charge on any atom is -0.495 e. The number of fused-ring (bicyclic) bond motifs is 1. The van der Waals surface area contributed by atoms with Crippen molar-refractivity contribution in [3.8, 4) is 5.75 Å². The summed E-state index contributed by atoms with van der Waals surface area (Å²) in [6.07, 6.45) is 0. The van der Waals surface area contributed by atoms with Gasteiger partial charge in [0.2, 0.25) is 5.91 Å². The number of methoxy groups -OCH3 is 1. The lowest BCUT2D eigenvalue weighted by molar-refractivity contribution is -0.113. The third kappa shape index (κ3) is 1.46. The molecule has 1 amide bonds. The van der Waals surface area contributed by atoms with Gasteiger partial charge in [0, 0.05) is 4.90 Å². The van der Waals surface area contributed by atoms with Crippen molar-refractivity contribution < 1.29 is 9.53 Å². The second-order valence-corrected chi connectivity index (χ2v) is 4.11. The highest BCUT2D eigenvalue weighted by molar-refractivity contribution is 8.00. The van der Waals surface area contributed by atoms with Crippen LogP contribution in [0.3, 0.4) is 0 Å². The predicted octanol–water partition coefficient (Wildman–Crippen LogP) is 2.05. The van der Waals surface area contributed by atoms with E-state index in [4.69, 9.17) is 4.74 Å². The quantitative estimate of drug-likeness (QED) is 0.769. The molecule has 1 aliphatic heterocycles. The molecule has 1 aliphatic rings. The summed E-state index contributed by atoms with van der Waals surface area (Å²) < 4.78 is 5.19. The third-order valence-electron chi connectivity index (χ3n) is 2.15. The van der Waals surface area contributed by atoms with E-state index in [-0.39, 0.29) is 5.91 Å². The molecular formula is C10H11NO2S. The molecule has 0 saturated carbocycles. The van der Waals surface area contributed by atoms with E-state index < -0.39 is 0 Å². The second-order valence-electron chi connectivity index (χ2n) is 3.13. The van der Waals surface area contributed by atoms with E-state index in [0.29, 0.717) is 5.75 Å². The number of anilines is 1. The van der Waals surface area contributed by atoms with Crippen LogP contribution in [-0.4, -0.2) is 18.8 Å². The van der Waals surface area contributed by atoms with E-state index in [1.807, 2.05) is 19.1 Å². The Balaban J connectivity index is 2.54. The van der Waals surface area contributed by atoms with Crippen molar-refractivity contribution >= 4 is 23.4 Å². The molecule has 1 aromatic rings. The zero-order valence-electron chi connectivity index (χ0n) is 8.09. The average molecular weight is 209 g/mol. The van der Waals surface area contributed by atoms with Crippen molar-refractivity contribution in [2.75, 3.05) is 18.2 Å². The Morgan fingerprint density at radius 3 is 3.00 bits per heavy atom. The molecule has 2 rings (SSSR count).